The molecule has 0 aromatic carbocycles. The van der Waals surface area contributed by atoms with E-state index in [-0.39, 0.29) is 6.61 Å². The molecule has 0 amide bonds. The molecule has 0 unspecified atom stereocenters. The van der Waals surface area contributed by atoms with Crippen molar-refractivity contribution in [3.05, 3.63) is 17.2 Å². The Morgan fingerprint density at radius 1 is 1.42 bits per heavy atom. The molecule has 0 atom stereocenters. The second-order valence-electron chi connectivity index (χ2n) is 2.93. The molecule has 0 saturated heterocycles. The van der Waals surface area contributed by atoms with E-state index in [1.807, 2.05) is 13.8 Å². The molecule has 1 aromatic heterocycles. The van der Waals surface area contributed by atoms with E-state index < -0.39 is 0 Å². The fraction of sp³-hybridized carbons (Fsp3) is 0.667. The summed E-state index contributed by atoms with van der Waals surface area (Å²) in [7, 11) is 0. The SMILES string of the molecule is CCc1nc(C)c(C)n1CCO. The first kappa shape index (κ1) is 9.26. The summed E-state index contributed by atoms with van der Waals surface area (Å²) in [6, 6.07) is 0. The van der Waals surface area contributed by atoms with Crippen LogP contribution in [-0.2, 0) is 13.0 Å². The summed E-state index contributed by atoms with van der Waals surface area (Å²) in [6.07, 6.45) is 0.925. The molecule has 0 aliphatic carbocycles. The second-order valence-corrected chi connectivity index (χ2v) is 2.93. The molecule has 1 rings (SSSR count). The van der Waals surface area contributed by atoms with Crippen LogP contribution in [0.3, 0.4) is 0 Å². The van der Waals surface area contributed by atoms with E-state index in [2.05, 4.69) is 16.5 Å². The van der Waals surface area contributed by atoms with E-state index in [1.165, 1.54) is 5.69 Å². The minimum Gasteiger partial charge on any atom is -0.395 e. The Hall–Kier alpha value is -0.830. The Morgan fingerprint density at radius 3 is 2.58 bits per heavy atom. The third-order valence-electron chi connectivity index (χ3n) is 2.18. The van der Waals surface area contributed by atoms with Crippen LogP contribution in [-0.4, -0.2) is 21.3 Å². The average Bonchev–Trinajstić information content (AvgIpc) is 2.33. The van der Waals surface area contributed by atoms with Gasteiger partial charge in [-0.25, -0.2) is 4.98 Å². The summed E-state index contributed by atoms with van der Waals surface area (Å²) < 4.78 is 2.08. The number of nitrogens with zero attached hydrogens (tertiary/aromatic N) is 2. The molecule has 1 heterocycles. The summed E-state index contributed by atoms with van der Waals surface area (Å²) in [6.45, 7) is 6.97. The van der Waals surface area contributed by atoms with Crippen LogP contribution in [0, 0.1) is 13.8 Å². The molecule has 3 nitrogen and oxygen atoms in total. The van der Waals surface area contributed by atoms with Gasteiger partial charge < -0.3 is 9.67 Å². The van der Waals surface area contributed by atoms with Crippen LogP contribution in [0.15, 0.2) is 0 Å². The monoisotopic (exact) mass is 168 g/mol. The van der Waals surface area contributed by atoms with Gasteiger partial charge in [0.1, 0.15) is 5.82 Å². The average molecular weight is 168 g/mol. The van der Waals surface area contributed by atoms with Crippen molar-refractivity contribution < 1.29 is 5.11 Å². The van der Waals surface area contributed by atoms with E-state index in [0.29, 0.717) is 6.54 Å². The standard InChI is InChI=1S/C9H16N2O/c1-4-9-10-7(2)8(3)11(9)5-6-12/h12H,4-6H2,1-3H3. The lowest BCUT2D eigenvalue weighted by Gasteiger charge is -2.05. The summed E-state index contributed by atoms with van der Waals surface area (Å²) >= 11 is 0. The van der Waals surface area contributed by atoms with Gasteiger partial charge in [-0.05, 0) is 13.8 Å². The smallest absolute Gasteiger partial charge is 0.108 e. The summed E-state index contributed by atoms with van der Waals surface area (Å²) in [5.41, 5.74) is 2.24. The highest BCUT2D eigenvalue weighted by Crippen LogP contribution is 2.09. The lowest BCUT2D eigenvalue weighted by molar-refractivity contribution is 0.273. The van der Waals surface area contributed by atoms with Gasteiger partial charge in [0, 0.05) is 18.7 Å². The van der Waals surface area contributed by atoms with Crippen LogP contribution >= 0.6 is 0 Å². The van der Waals surface area contributed by atoms with Gasteiger partial charge >= 0.3 is 0 Å². The minimum absolute atomic E-state index is 0.184. The molecule has 0 bridgehead atoms. The van der Waals surface area contributed by atoms with Crippen molar-refractivity contribution in [3.63, 3.8) is 0 Å². The van der Waals surface area contributed by atoms with Crippen molar-refractivity contribution in [1.82, 2.24) is 9.55 Å². The fourth-order valence-electron chi connectivity index (χ4n) is 1.39. The first-order chi connectivity index (χ1) is 5.70. The van der Waals surface area contributed by atoms with Crippen LogP contribution in [0.25, 0.3) is 0 Å². The first-order valence-corrected chi connectivity index (χ1v) is 4.34. The van der Waals surface area contributed by atoms with Gasteiger partial charge in [-0.1, -0.05) is 6.92 Å². The topological polar surface area (TPSA) is 38.0 Å². The molecule has 0 radical (unpaired) electrons. The first-order valence-electron chi connectivity index (χ1n) is 4.34. The molecule has 3 heteroatoms. The Labute approximate surface area is 73.1 Å². The predicted molar refractivity (Wildman–Crippen MR) is 48.2 cm³/mol. The van der Waals surface area contributed by atoms with E-state index >= 15 is 0 Å². The van der Waals surface area contributed by atoms with E-state index in [9.17, 15) is 0 Å². The Kier molecular flexibility index (Phi) is 2.87. The molecule has 12 heavy (non-hydrogen) atoms. The molecule has 0 saturated carbocycles. The molecule has 68 valence electrons. The van der Waals surface area contributed by atoms with Gasteiger partial charge in [-0.15, -0.1) is 0 Å². The van der Waals surface area contributed by atoms with Crippen LogP contribution in [0.5, 0.6) is 0 Å². The molecule has 0 fully saturated rings. The Balaban J connectivity index is 3.03. The lowest BCUT2D eigenvalue weighted by Crippen LogP contribution is -2.07. The molecule has 0 aliphatic heterocycles. The summed E-state index contributed by atoms with van der Waals surface area (Å²) in [4.78, 5) is 4.40. The van der Waals surface area contributed by atoms with Crippen LogP contribution in [0.1, 0.15) is 24.1 Å². The van der Waals surface area contributed by atoms with Gasteiger partial charge in [0.2, 0.25) is 0 Å². The summed E-state index contributed by atoms with van der Waals surface area (Å²) in [5, 5.41) is 8.82. The van der Waals surface area contributed by atoms with E-state index in [1.54, 1.807) is 0 Å². The molecule has 1 N–H and O–H groups in total. The maximum Gasteiger partial charge on any atom is 0.108 e. The molecule has 0 spiro atoms. The number of aromatic nitrogens is 2. The zero-order valence-electron chi connectivity index (χ0n) is 7.96. The molecule has 0 aliphatic rings. The molecular formula is C9H16N2O. The quantitative estimate of drug-likeness (QED) is 0.732. The normalized spacial score (nSPS) is 10.7. The van der Waals surface area contributed by atoms with Crippen molar-refractivity contribution in [2.75, 3.05) is 6.61 Å². The van der Waals surface area contributed by atoms with E-state index in [4.69, 9.17) is 5.11 Å². The predicted octanol–water partition coefficient (Wildman–Crippen LogP) is 1.05. The van der Waals surface area contributed by atoms with E-state index in [0.717, 1.165) is 17.9 Å². The van der Waals surface area contributed by atoms with Gasteiger partial charge in [-0.3, -0.25) is 0 Å². The Morgan fingerprint density at radius 2 is 2.08 bits per heavy atom. The van der Waals surface area contributed by atoms with Crippen molar-refractivity contribution in [1.29, 1.82) is 0 Å². The van der Waals surface area contributed by atoms with Gasteiger partial charge in [0.25, 0.3) is 0 Å². The Bertz CT molecular complexity index is 266. The second kappa shape index (κ2) is 3.72. The van der Waals surface area contributed by atoms with Gasteiger partial charge in [0.05, 0.1) is 12.3 Å². The highest BCUT2D eigenvalue weighted by molar-refractivity contribution is 5.14. The number of hydrogen-bond acceptors (Lipinski definition) is 2. The zero-order valence-corrected chi connectivity index (χ0v) is 7.96. The maximum absolute atomic E-state index is 8.82. The number of aryl methyl sites for hydroxylation is 2. The maximum atomic E-state index is 8.82. The van der Waals surface area contributed by atoms with Crippen LogP contribution in [0.4, 0.5) is 0 Å². The van der Waals surface area contributed by atoms with Gasteiger partial charge in [0.15, 0.2) is 0 Å². The highest BCUT2D eigenvalue weighted by atomic mass is 16.3. The highest BCUT2D eigenvalue weighted by Gasteiger charge is 2.07. The lowest BCUT2D eigenvalue weighted by atomic mass is 10.4. The number of imidazole rings is 1. The number of hydrogen-bond donors (Lipinski definition) is 1. The zero-order chi connectivity index (χ0) is 9.14. The third kappa shape index (κ3) is 1.50. The largest absolute Gasteiger partial charge is 0.395 e. The number of aliphatic hydroxyl groups is 1. The van der Waals surface area contributed by atoms with Crippen molar-refractivity contribution in [3.8, 4) is 0 Å². The number of aliphatic hydroxyl groups excluding tert-OH is 1. The molecule has 1 aromatic rings. The van der Waals surface area contributed by atoms with Crippen LogP contribution < -0.4 is 0 Å². The fourth-order valence-corrected chi connectivity index (χ4v) is 1.39. The van der Waals surface area contributed by atoms with Crippen molar-refractivity contribution in [2.24, 2.45) is 0 Å². The van der Waals surface area contributed by atoms with Crippen molar-refractivity contribution >= 4 is 0 Å². The van der Waals surface area contributed by atoms with Gasteiger partial charge in [-0.2, -0.15) is 0 Å². The minimum atomic E-state index is 0.184. The van der Waals surface area contributed by atoms with Crippen LogP contribution in [0.2, 0.25) is 0 Å². The summed E-state index contributed by atoms with van der Waals surface area (Å²) in [5.74, 6) is 1.07. The number of rotatable bonds is 3. The molecular weight excluding hydrogens is 152 g/mol. The van der Waals surface area contributed by atoms with Crippen molar-refractivity contribution in [2.45, 2.75) is 33.7 Å². The third-order valence-corrected chi connectivity index (χ3v) is 2.18.